The van der Waals surface area contributed by atoms with E-state index in [1.807, 2.05) is 23.8 Å². The van der Waals surface area contributed by atoms with Crippen LogP contribution in [0, 0.1) is 5.82 Å². The minimum atomic E-state index is -3.93. The predicted molar refractivity (Wildman–Crippen MR) is 130 cm³/mol. The molecule has 4 rings (SSSR count). The maximum atomic E-state index is 14.7. The van der Waals surface area contributed by atoms with Crippen molar-refractivity contribution >= 4 is 32.5 Å². The first-order chi connectivity index (χ1) is 16.1. The number of carbonyl (C=O) groups excluding carboxylic acids is 1. The highest BCUT2D eigenvalue weighted by Gasteiger charge is 2.27. The number of sulfonamides is 1. The van der Waals surface area contributed by atoms with Crippen LogP contribution in [0.5, 0.6) is 0 Å². The molecule has 0 spiro atoms. The number of nitrogens with zero attached hydrogens (tertiary/aromatic N) is 1. The number of fused-ring (bicyclic) bond motifs is 1. The molecule has 10 heteroatoms. The number of pyridine rings is 1. The number of hydrogen-bond acceptors (Lipinski definition) is 5. The Bertz CT molecular complexity index is 1590. The highest BCUT2D eigenvalue weighted by molar-refractivity contribution is 7.89. The SMILES string of the molecule is CCc1ccc2c(c1)c(-c1ccc[nH]c1=O)c(C(=O)NS(C)(=O)=O)n2Cc1cc(N)ccc1F. The number of aromatic nitrogens is 2. The van der Waals surface area contributed by atoms with Gasteiger partial charge in [0.25, 0.3) is 11.5 Å². The van der Waals surface area contributed by atoms with Gasteiger partial charge >= 0.3 is 0 Å². The fraction of sp³-hybridized carbons (Fsp3) is 0.167. The van der Waals surface area contributed by atoms with E-state index in [4.69, 9.17) is 5.73 Å². The number of nitrogen functional groups attached to an aromatic ring is 1. The molecule has 0 aliphatic rings. The molecule has 0 radical (unpaired) electrons. The Morgan fingerprint density at radius 2 is 1.94 bits per heavy atom. The molecule has 176 valence electrons. The van der Waals surface area contributed by atoms with Gasteiger partial charge in [0.1, 0.15) is 11.5 Å². The lowest BCUT2D eigenvalue weighted by atomic mass is 10.0. The van der Waals surface area contributed by atoms with Crippen molar-refractivity contribution in [1.82, 2.24) is 14.3 Å². The van der Waals surface area contributed by atoms with E-state index < -0.39 is 27.3 Å². The Hall–Kier alpha value is -3.92. The highest BCUT2D eigenvalue weighted by atomic mass is 32.2. The molecule has 0 unspecified atom stereocenters. The van der Waals surface area contributed by atoms with Gasteiger partial charge in [-0.2, -0.15) is 0 Å². The fourth-order valence-electron chi connectivity index (χ4n) is 4.02. The molecule has 0 aliphatic carbocycles. The van der Waals surface area contributed by atoms with Gasteiger partial charge < -0.3 is 15.3 Å². The lowest BCUT2D eigenvalue weighted by Crippen LogP contribution is -2.32. The molecule has 0 bridgehead atoms. The largest absolute Gasteiger partial charge is 0.399 e. The molecular formula is C24H23FN4O4S. The fourth-order valence-corrected chi connectivity index (χ4v) is 4.45. The first-order valence-corrected chi connectivity index (χ1v) is 12.4. The van der Waals surface area contributed by atoms with Gasteiger partial charge in [-0.05, 0) is 54.4 Å². The van der Waals surface area contributed by atoms with Gasteiger partial charge in [-0.15, -0.1) is 0 Å². The van der Waals surface area contributed by atoms with Crippen molar-refractivity contribution in [2.24, 2.45) is 0 Å². The number of aromatic amines is 1. The Kier molecular flexibility index (Phi) is 6.01. The van der Waals surface area contributed by atoms with Gasteiger partial charge in [0.15, 0.2) is 0 Å². The molecule has 4 aromatic rings. The molecule has 34 heavy (non-hydrogen) atoms. The Balaban J connectivity index is 2.11. The van der Waals surface area contributed by atoms with Crippen molar-refractivity contribution < 1.29 is 17.6 Å². The lowest BCUT2D eigenvalue weighted by molar-refractivity contribution is 0.0974. The van der Waals surface area contributed by atoms with Crippen LogP contribution in [0.2, 0.25) is 0 Å². The van der Waals surface area contributed by atoms with Crippen LogP contribution in [0.15, 0.2) is 59.5 Å². The number of H-pyrrole nitrogens is 1. The second-order valence-corrected chi connectivity index (χ2v) is 9.73. The smallest absolute Gasteiger partial charge is 0.282 e. The summed E-state index contributed by atoms with van der Waals surface area (Å²) in [6, 6.07) is 12.8. The van der Waals surface area contributed by atoms with E-state index in [1.165, 1.54) is 29.0 Å². The summed E-state index contributed by atoms with van der Waals surface area (Å²) in [7, 11) is -3.93. The summed E-state index contributed by atoms with van der Waals surface area (Å²) in [5.41, 5.74) is 7.80. The summed E-state index contributed by atoms with van der Waals surface area (Å²) in [5.74, 6) is -1.46. The number of anilines is 1. The first-order valence-electron chi connectivity index (χ1n) is 10.5. The lowest BCUT2D eigenvalue weighted by Gasteiger charge is -2.13. The maximum Gasteiger partial charge on any atom is 0.282 e. The minimum Gasteiger partial charge on any atom is -0.399 e. The van der Waals surface area contributed by atoms with Crippen molar-refractivity contribution in [2.45, 2.75) is 19.9 Å². The molecule has 0 aliphatic heterocycles. The molecule has 4 N–H and O–H groups in total. The number of hydrogen-bond donors (Lipinski definition) is 3. The van der Waals surface area contributed by atoms with Crippen molar-refractivity contribution in [3.05, 3.63) is 87.7 Å². The van der Waals surface area contributed by atoms with Crippen LogP contribution in [0.1, 0.15) is 28.5 Å². The quantitative estimate of drug-likeness (QED) is 0.364. The van der Waals surface area contributed by atoms with Gasteiger partial charge in [0.2, 0.25) is 10.0 Å². The van der Waals surface area contributed by atoms with Crippen molar-refractivity contribution in [3.8, 4) is 11.1 Å². The van der Waals surface area contributed by atoms with Crippen LogP contribution in [0.25, 0.3) is 22.0 Å². The molecule has 0 saturated heterocycles. The third-order valence-corrected chi connectivity index (χ3v) is 6.07. The van der Waals surface area contributed by atoms with Crippen molar-refractivity contribution in [1.29, 1.82) is 0 Å². The summed E-state index contributed by atoms with van der Waals surface area (Å²) in [6.45, 7) is 1.85. The Labute approximate surface area is 195 Å². The zero-order valence-corrected chi connectivity index (χ0v) is 19.4. The average Bonchev–Trinajstić information content (AvgIpc) is 3.08. The zero-order chi connectivity index (χ0) is 24.6. The van der Waals surface area contributed by atoms with Gasteiger partial charge in [-0.25, -0.2) is 17.5 Å². The Morgan fingerprint density at radius 1 is 1.18 bits per heavy atom. The number of rotatable bonds is 6. The molecule has 1 amide bonds. The standard InChI is InChI=1S/C24H23FN4O4S/c1-3-14-6-9-20-18(11-14)21(17-5-4-10-27-23(17)30)22(24(31)28-34(2,32)33)29(20)13-15-12-16(26)7-8-19(15)25/h4-12H,3,13,26H2,1-2H3,(H,27,30)(H,28,31). The topological polar surface area (TPSA) is 127 Å². The summed E-state index contributed by atoms with van der Waals surface area (Å²) >= 11 is 0. The number of amides is 1. The summed E-state index contributed by atoms with van der Waals surface area (Å²) in [4.78, 5) is 28.7. The number of nitrogens with two attached hydrogens (primary N) is 1. The van der Waals surface area contributed by atoms with Gasteiger partial charge in [-0.3, -0.25) is 9.59 Å². The minimum absolute atomic E-state index is 0.0767. The molecule has 0 fully saturated rings. The van der Waals surface area contributed by atoms with Crippen LogP contribution in [-0.2, 0) is 23.0 Å². The van der Waals surface area contributed by atoms with E-state index in [0.717, 1.165) is 11.8 Å². The van der Waals surface area contributed by atoms with Crippen LogP contribution in [-0.4, -0.2) is 30.1 Å². The Morgan fingerprint density at radius 3 is 2.62 bits per heavy atom. The number of aryl methyl sites for hydroxylation is 1. The van der Waals surface area contributed by atoms with E-state index in [9.17, 15) is 22.4 Å². The third-order valence-electron chi connectivity index (χ3n) is 5.51. The predicted octanol–water partition coefficient (Wildman–Crippen LogP) is 3.02. The van der Waals surface area contributed by atoms with E-state index >= 15 is 0 Å². The summed E-state index contributed by atoms with van der Waals surface area (Å²) in [5, 5.41) is 0.569. The van der Waals surface area contributed by atoms with Gasteiger partial charge in [0.05, 0.1) is 12.8 Å². The number of halogens is 1. The number of benzene rings is 2. The third kappa shape index (κ3) is 4.44. The number of carbonyl (C=O) groups is 1. The molecule has 2 aromatic carbocycles. The van der Waals surface area contributed by atoms with Crippen LogP contribution >= 0.6 is 0 Å². The van der Waals surface area contributed by atoms with Crippen molar-refractivity contribution in [3.63, 3.8) is 0 Å². The molecule has 2 heterocycles. The second-order valence-electron chi connectivity index (χ2n) is 7.98. The van der Waals surface area contributed by atoms with Crippen LogP contribution in [0.4, 0.5) is 10.1 Å². The summed E-state index contributed by atoms with van der Waals surface area (Å²) in [6.07, 6.45) is 3.01. The molecule has 8 nitrogen and oxygen atoms in total. The van der Waals surface area contributed by atoms with Crippen molar-refractivity contribution in [2.75, 3.05) is 12.0 Å². The zero-order valence-electron chi connectivity index (χ0n) is 18.6. The molecule has 2 aromatic heterocycles. The van der Waals surface area contributed by atoms with Crippen LogP contribution in [0.3, 0.4) is 0 Å². The molecule has 0 saturated carbocycles. The molecular weight excluding hydrogens is 459 g/mol. The average molecular weight is 483 g/mol. The van der Waals surface area contributed by atoms with E-state index in [2.05, 4.69) is 4.98 Å². The van der Waals surface area contributed by atoms with Crippen LogP contribution < -0.4 is 16.0 Å². The number of nitrogens with one attached hydrogen (secondary N) is 2. The first kappa shape index (κ1) is 23.2. The monoisotopic (exact) mass is 482 g/mol. The van der Waals surface area contributed by atoms with Gasteiger partial charge in [-0.1, -0.05) is 13.0 Å². The highest BCUT2D eigenvalue weighted by Crippen LogP contribution is 2.35. The second kappa shape index (κ2) is 8.79. The summed E-state index contributed by atoms with van der Waals surface area (Å²) < 4.78 is 42.0. The van der Waals surface area contributed by atoms with E-state index in [-0.39, 0.29) is 28.9 Å². The van der Waals surface area contributed by atoms with Gasteiger partial charge in [0, 0.05) is 39.5 Å². The van der Waals surface area contributed by atoms with E-state index in [1.54, 1.807) is 18.2 Å². The normalized spacial score (nSPS) is 11.6. The maximum absolute atomic E-state index is 14.7. The van der Waals surface area contributed by atoms with E-state index in [0.29, 0.717) is 23.0 Å². The molecule has 0 atom stereocenters.